The number of allylic oxidation sites excluding steroid dienone is 2. The number of carbonyl (C=O) groups excluding carboxylic acids is 4. The first-order valence-electron chi connectivity index (χ1n) is 15.1. The van der Waals surface area contributed by atoms with Crippen molar-refractivity contribution in [1.82, 2.24) is 0 Å². The zero-order chi connectivity index (χ0) is 33.5. The van der Waals surface area contributed by atoms with Crippen LogP contribution in [0.2, 0.25) is 0 Å². The van der Waals surface area contributed by atoms with E-state index in [0.29, 0.717) is 20.2 Å². The maximum Gasteiger partial charge on any atom is 0.488 e. The van der Waals surface area contributed by atoms with Crippen molar-refractivity contribution in [3.05, 3.63) is 86.8 Å². The number of ether oxygens (including phenoxy) is 1. The van der Waals surface area contributed by atoms with E-state index < -0.39 is 53.9 Å². The van der Waals surface area contributed by atoms with Gasteiger partial charge in [-0.3, -0.25) is 24.1 Å². The number of imide groups is 2. The minimum Gasteiger partial charge on any atom is -0.503 e. The summed E-state index contributed by atoms with van der Waals surface area (Å²) >= 11 is 7.08. The molecule has 4 amide bonds. The molecule has 4 aliphatic rings. The molecule has 240 valence electrons. The number of para-hydroxylation sites is 1. The van der Waals surface area contributed by atoms with E-state index in [9.17, 15) is 34.3 Å². The normalized spacial score (nSPS) is 28.2. The van der Waals surface area contributed by atoms with Gasteiger partial charge >= 0.3 is 7.12 Å². The van der Waals surface area contributed by atoms with E-state index in [1.165, 1.54) is 24.1 Å². The lowest BCUT2D eigenvalue weighted by molar-refractivity contribution is -0.131. The maximum absolute atomic E-state index is 14.6. The van der Waals surface area contributed by atoms with Crippen molar-refractivity contribution in [2.45, 2.75) is 25.7 Å². The highest BCUT2D eigenvalue weighted by Gasteiger charge is 2.68. The molecule has 3 fully saturated rings. The number of hydrogen-bond acceptors (Lipinski definition) is 8. The molecule has 7 rings (SSSR count). The molecule has 6 unspecified atom stereocenters. The summed E-state index contributed by atoms with van der Waals surface area (Å²) in [5.41, 5.74) is 0.878. The van der Waals surface area contributed by atoms with Gasteiger partial charge in [-0.25, -0.2) is 4.90 Å². The molecule has 3 N–H and O–H groups in total. The molecule has 10 nitrogen and oxygen atoms in total. The first-order valence-corrected chi connectivity index (χ1v) is 16.7. The molecule has 0 radical (unpaired) electrons. The van der Waals surface area contributed by atoms with Crippen LogP contribution in [-0.2, 0) is 19.2 Å². The van der Waals surface area contributed by atoms with E-state index in [2.05, 4.69) is 31.9 Å². The van der Waals surface area contributed by atoms with Crippen molar-refractivity contribution in [2.24, 2.45) is 29.1 Å². The van der Waals surface area contributed by atoms with Gasteiger partial charge in [0.25, 0.3) is 0 Å². The van der Waals surface area contributed by atoms with Gasteiger partial charge in [0.2, 0.25) is 23.6 Å². The Hall–Kier alpha value is -3.78. The first-order chi connectivity index (χ1) is 22.4. The van der Waals surface area contributed by atoms with Crippen LogP contribution in [0.1, 0.15) is 31.2 Å². The number of fused-ring (bicyclic) bond motifs is 4. The Kier molecular flexibility index (Phi) is 7.74. The van der Waals surface area contributed by atoms with Gasteiger partial charge in [-0.15, -0.1) is 0 Å². The smallest absolute Gasteiger partial charge is 0.488 e. The third kappa shape index (κ3) is 4.50. The number of anilines is 2. The standard InChI is InChI=1S/C34H29BBr2N2O8/c1-34-23(31(42)39(33(34)44)17-8-4-3-5-9-17)14-21-19(26(34)22-15-24(47-2)29(40)28(37)27(22)36)11-12-20-25(21)32(43)38(30(20)41)18-10-6-7-16(13-18)35(45)46/h3-11,13,15,20-21,23,25-26,40,45-46H,12,14H2,1-2H3. The van der Waals surface area contributed by atoms with E-state index in [1.54, 1.807) is 55.5 Å². The van der Waals surface area contributed by atoms with Crippen molar-refractivity contribution in [3.8, 4) is 11.5 Å². The van der Waals surface area contributed by atoms with Gasteiger partial charge in [-0.2, -0.15) is 0 Å². The van der Waals surface area contributed by atoms with Crippen LogP contribution in [-0.4, -0.2) is 53.0 Å². The molecular formula is C34H29BBr2N2O8. The fourth-order valence-corrected chi connectivity index (χ4v) is 9.19. The monoisotopic (exact) mass is 762 g/mol. The van der Waals surface area contributed by atoms with Crippen LogP contribution in [0.3, 0.4) is 0 Å². The molecular weight excluding hydrogens is 735 g/mol. The number of carbonyl (C=O) groups is 4. The molecule has 3 aromatic carbocycles. The third-order valence-corrected chi connectivity index (χ3v) is 12.6. The minimum atomic E-state index is -1.78. The number of rotatable bonds is 5. The van der Waals surface area contributed by atoms with Gasteiger partial charge in [0.05, 0.1) is 46.1 Å². The zero-order valence-electron chi connectivity index (χ0n) is 25.3. The largest absolute Gasteiger partial charge is 0.503 e. The number of phenolic OH excluding ortho intramolecular Hbond substituents is 1. The highest BCUT2D eigenvalue weighted by atomic mass is 79.9. The molecule has 0 bridgehead atoms. The Labute approximate surface area is 287 Å². The average Bonchev–Trinajstić information content (AvgIpc) is 3.44. The summed E-state index contributed by atoms with van der Waals surface area (Å²) in [6, 6.07) is 16.4. The fraction of sp³-hybridized carbons (Fsp3) is 0.294. The number of methoxy groups -OCH3 is 1. The molecule has 2 aliphatic heterocycles. The van der Waals surface area contributed by atoms with Crippen LogP contribution in [0.4, 0.5) is 11.4 Å². The number of aromatic hydroxyl groups is 1. The summed E-state index contributed by atoms with van der Waals surface area (Å²) in [5, 5.41) is 30.3. The van der Waals surface area contributed by atoms with Gasteiger partial charge < -0.3 is 19.9 Å². The SMILES string of the molecule is COc1cc(C2C3=CCC4C(=O)N(c5cccc(B(O)O)c5)C(=O)C4C3CC3C(=O)N(c4ccccc4)C(=O)C32C)c(Br)c(Br)c1O. The minimum absolute atomic E-state index is 0.137. The van der Waals surface area contributed by atoms with Crippen molar-refractivity contribution < 1.29 is 39.1 Å². The Morgan fingerprint density at radius 3 is 2.26 bits per heavy atom. The molecule has 0 spiro atoms. The molecule has 0 aromatic heterocycles. The second kappa shape index (κ2) is 11.4. The second-order valence-electron chi connectivity index (χ2n) is 12.6. The van der Waals surface area contributed by atoms with Crippen molar-refractivity contribution >= 4 is 79.4 Å². The summed E-state index contributed by atoms with van der Waals surface area (Å²) in [7, 11) is -0.366. The Morgan fingerprint density at radius 2 is 1.57 bits per heavy atom. The Bertz CT molecular complexity index is 1900. The highest BCUT2D eigenvalue weighted by Crippen LogP contribution is 2.65. The Balaban J connectivity index is 1.40. The molecule has 2 heterocycles. The molecule has 2 aliphatic carbocycles. The van der Waals surface area contributed by atoms with Crippen LogP contribution in [0.15, 0.2) is 81.3 Å². The lowest BCUT2D eigenvalue weighted by Crippen LogP contribution is -2.49. The average molecular weight is 764 g/mol. The predicted octanol–water partition coefficient (Wildman–Crippen LogP) is 4.04. The number of hydrogen-bond donors (Lipinski definition) is 3. The van der Waals surface area contributed by atoms with Crippen molar-refractivity contribution in [2.75, 3.05) is 16.9 Å². The van der Waals surface area contributed by atoms with Crippen LogP contribution in [0.25, 0.3) is 0 Å². The van der Waals surface area contributed by atoms with E-state index in [4.69, 9.17) is 4.74 Å². The molecule has 1 saturated carbocycles. The predicted molar refractivity (Wildman–Crippen MR) is 180 cm³/mol. The van der Waals surface area contributed by atoms with Gasteiger partial charge in [-0.1, -0.05) is 42.0 Å². The summed E-state index contributed by atoms with van der Waals surface area (Å²) in [6.07, 6.45) is 2.34. The van der Waals surface area contributed by atoms with Crippen molar-refractivity contribution in [1.29, 1.82) is 0 Å². The van der Waals surface area contributed by atoms with Gasteiger partial charge in [0, 0.05) is 10.4 Å². The summed E-state index contributed by atoms with van der Waals surface area (Å²) < 4.78 is 6.28. The maximum atomic E-state index is 14.6. The number of nitrogens with zero attached hydrogens (tertiary/aromatic N) is 2. The quantitative estimate of drug-likeness (QED) is 0.201. The van der Waals surface area contributed by atoms with E-state index in [1.807, 2.05) is 6.08 Å². The van der Waals surface area contributed by atoms with Gasteiger partial charge in [-0.05, 0) is 98.9 Å². The summed E-state index contributed by atoms with van der Waals surface area (Å²) in [5.74, 6) is -5.24. The summed E-state index contributed by atoms with van der Waals surface area (Å²) in [4.78, 5) is 59.5. The topological polar surface area (TPSA) is 145 Å². The lowest BCUT2D eigenvalue weighted by atomic mass is 9.51. The van der Waals surface area contributed by atoms with Crippen LogP contribution in [0, 0.1) is 29.1 Å². The molecule has 47 heavy (non-hydrogen) atoms. The second-order valence-corrected chi connectivity index (χ2v) is 14.2. The lowest BCUT2D eigenvalue weighted by Gasteiger charge is -2.49. The molecule has 6 atom stereocenters. The zero-order valence-corrected chi connectivity index (χ0v) is 28.4. The summed E-state index contributed by atoms with van der Waals surface area (Å²) in [6.45, 7) is 1.79. The fourth-order valence-electron chi connectivity index (χ4n) is 8.24. The number of amides is 4. The third-order valence-electron chi connectivity index (χ3n) is 10.4. The van der Waals surface area contributed by atoms with Crippen molar-refractivity contribution in [3.63, 3.8) is 0 Å². The van der Waals surface area contributed by atoms with Gasteiger partial charge in [0.15, 0.2) is 11.5 Å². The first kappa shape index (κ1) is 31.8. The Morgan fingerprint density at radius 1 is 0.872 bits per heavy atom. The van der Waals surface area contributed by atoms with Crippen LogP contribution >= 0.6 is 31.9 Å². The van der Waals surface area contributed by atoms with E-state index >= 15 is 0 Å². The number of phenols is 1. The number of benzene rings is 3. The van der Waals surface area contributed by atoms with E-state index in [-0.39, 0.29) is 47.3 Å². The van der Waals surface area contributed by atoms with Crippen LogP contribution < -0.4 is 20.0 Å². The van der Waals surface area contributed by atoms with E-state index in [0.717, 1.165) is 10.5 Å². The molecule has 13 heteroatoms. The molecule has 3 aromatic rings. The molecule has 2 saturated heterocycles. The van der Waals surface area contributed by atoms with Gasteiger partial charge in [0.1, 0.15) is 0 Å². The highest BCUT2D eigenvalue weighted by molar-refractivity contribution is 9.13. The number of halogens is 2. The van der Waals surface area contributed by atoms with Crippen LogP contribution in [0.5, 0.6) is 11.5 Å².